The lowest BCUT2D eigenvalue weighted by Gasteiger charge is -2.01. The summed E-state index contributed by atoms with van der Waals surface area (Å²) in [5.41, 5.74) is 2.00. The van der Waals surface area contributed by atoms with Crippen LogP contribution in [-0.4, -0.2) is 0 Å². The minimum Gasteiger partial charge on any atom is -0.445 e. The van der Waals surface area contributed by atoms with Gasteiger partial charge in [-0.05, 0) is 36.3 Å². The van der Waals surface area contributed by atoms with Gasteiger partial charge < -0.3 is 4.42 Å². The van der Waals surface area contributed by atoms with E-state index in [0.717, 1.165) is 23.0 Å². The molecule has 1 nitrogen and oxygen atoms in total. The summed E-state index contributed by atoms with van der Waals surface area (Å²) >= 11 is 4.99. The van der Waals surface area contributed by atoms with Gasteiger partial charge in [-0.15, -0.1) is 6.58 Å². The van der Waals surface area contributed by atoms with Gasteiger partial charge >= 0.3 is 0 Å². The summed E-state index contributed by atoms with van der Waals surface area (Å²) in [7, 11) is 0. The van der Waals surface area contributed by atoms with Gasteiger partial charge in [-0.25, -0.2) is 0 Å². The van der Waals surface area contributed by atoms with E-state index in [1.165, 1.54) is 0 Å². The molecule has 0 saturated carbocycles. The molecule has 0 spiro atoms. The molecule has 1 aromatic heterocycles. The van der Waals surface area contributed by atoms with E-state index in [1.807, 2.05) is 30.3 Å². The fourth-order valence-corrected chi connectivity index (χ4v) is 1.62. The highest BCUT2D eigenvalue weighted by molar-refractivity contribution is 7.71. The Balaban J connectivity index is 2.76. The van der Waals surface area contributed by atoms with Crippen molar-refractivity contribution in [1.29, 1.82) is 0 Å². The second-order valence-corrected chi connectivity index (χ2v) is 3.49. The summed E-state index contributed by atoms with van der Waals surface area (Å²) in [6, 6.07) is 9.84. The van der Waals surface area contributed by atoms with Crippen LogP contribution < -0.4 is 0 Å². The van der Waals surface area contributed by atoms with Gasteiger partial charge in [0.05, 0.1) is 0 Å². The van der Waals surface area contributed by atoms with E-state index in [-0.39, 0.29) is 0 Å². The second-order valence-electron chi connectivity index (χ2n) is 3.08. The molecule has 0 aliphatic carbocycles. The lowest BCUT2D eigenvalue weighted by molar-refractivity contribution is 0.583. The molecule has 2 heteroatoms. The van der Waals surface area contributed by atoms with E-state index < -0.39 is 0 Å². The van der Waals surface area contributed by atoms with E-state index >= 15 is 0 Å². The predicted molar refractivity (Wildman–Crippen MR) is 60.9 cm³/mol. The first-order valence-electron chi connectivity index (χ1n) is 4.44. The monoisotopic (exact) mass is 202 g/mol. The van der Waals surface area contributed by atoms with Crippen LogP contribution >= 0.6 is 12.2 Å². The molecule has 0 aliphatic rings. The van der Waals surface area contributed by atoms with E-state index in [1.54, 1.807) is 6.07 Å². The van der Waals surface area contributed by atoms with Gasteiger partial charge in [0.25, 0.3) is 0 Å². The smallest absolute Gasteiger partial charge is 0.190 e. The third-order valence-corrected chi connectivity index (χ3v) is 2.31. The Morgan fingerprint density at radius 2 is 2.14 bits per heavy atom. The highest BCUT2D eigenvalue weighted by Crippen LogP contribution is 2.19. The summed E-state index contributed by atoms with van der Waals surface area (Å²) in [4.78, 5) is 0. The van der Waals surface area contributed by atoms with Gasteiger partial charge in [-0.1, -0.05) is 24.3 Å². The Labute approximate surface area is 87.7 Å². The fourth-order valence-electron chi connectivity index (χ4n) is 1.47. The van der Waals surface area contributed by atoms with Crippen molar-refractivity contribution < 1.29 is 4.42 Å². The van der Waals surface area contributed by atoms with Gasteiger partial charge in [-0.2, -0.15) is 0 Å². The van der Waals surface area contributed by atoms with Crippen molar-refractivity contribution >= 4 is 23.2 Å². The average molecular weight is 202 g/mol. The first-order valence-corrected chi connectivity index (χ1v) is 4.85. The highest BCUT2D eigenvalue weighted by atomic mass is 32.1. The molecule has 0 aliphatic heterocycles. The number of benzene rings is 1. The van der Waals surface area contributed by atoms with Crippen molar-refractivity contribution in [3.63, 3.8) is 0 Å². The van der Waals surface area contributed by atoms with Gasteiger partial charge in [0, 0.05) is 5.39 Å². The van der Waals surface area contributed by atoms with E-state index in [0.29, 0.717) is 4.71 Å². The Morgan fingerprint density at radius 3 is 2.93 bits per heavy atom. The summed E-state index contributed by atoms with van der Waals surface area (Å²) < 4.78 is 6.03. The lowest BCUT2D eigenvalue weighted by atomic mass is 10.1. The molecule has 0 saturated heterocycles. The summed E-state index contributed by atoms with van der Waals surface area (Å²) in [6.07, 6.45) is 2.67. The molecular weight excluding hydrogens is 192 g/mol. The molecule has 0 N–H and O–H groups in total. The van der Waals surface area contributed by atoms with E-state index in [9.17, 15) is 0 Å². The molecule has 2 rings (SSSR count). The molecule has 0 amide bonds. The van der Waals surface area contributed by atoms with Gasteiger partial charge in [0.2, 0.25) is 0 Å². The number of fused-ring (bicyclic) bond motifs is 1. The third kappa shape index (κ3) is 1.61. The zero-order valence-corrected chi connectivity index (χ0v) is 8.51. The van der Waals surface area contributed by atoms with E-state index in [4.69, 9.17) is 16.6 Å². The van der Waals surface area contributed by atoms with Crippen molar-refractivity contribution in [3.05, 3.63) is 53.3 Å². The molecular formula is C12H10OS. The first kappa shape index (κ1) is 9.16. The average Bonchev–Trinajstić information content (AvgIpc) is 2.19. The molecule has 0 bridgehead atoms. The topological polar surface area (TPSA) is 13.1 Å². The fraction of sp³-hybridized carbons (Fsp3) is 0.0833. The van der Waals surface area contributed by atoms with Crippen molar-refractivity contribution in [2.75, 3.05) is 0 Å². The van der Waals surface area contributed by atoms with E-state index in [2.05, 4.69) is 6.58 Å². The zero-order valence-electron chi connectivity index (χ0n) is 7.69. The Bertz CT molecular complexity index is 525. The van der Waals surface area contributed by atoms with Crippen LogP contribution in [0.25, 0.3) is 11.0 Å². The number of para-hydroxylation sites is 1. The second kappa shape index (κ2) is 3.76. The van der Waals surface area contributed by atoms with Crippen molar-refractivity contribution in [2.24, 2.45) is 0 Å². The van der Waals surface area contributed by atoms with Crippen LogP contribution in [0.5, 0.6) is 0 Å². The number of hydrogen-bond acceptors (Lipinski definition) is 2. The van der Waals surface area contributed by atoms with Crippen molar-refractivity contribution in [2.45, 2.75) is 6.42 Å². The predicted octanol–water partition coefficient (Wildman–Crippen LogP) is 3.89. The molecule has 14 heavy (non-hydrogen) atoms. The van der Waals surface area contributed by atoms with Crippen LogP contribution in [0.4, 0.5) is 0 Å². The Morgan fingerprint density at radius 1 is 1.29 bits per heavy atom. The third-order valence-electron chi connectivity index (χ3n) is 2.09. The van der Waals surface area contributed by atoms with Gasteiger partial charge in [0.1, 0.15) is 5.58 Å². The molecule has 0 fully saturated rings. The summed E-state index contributed by atoms with van der Waals surface area (Å²) in [5.74, 6) is 0. The quantitative estimate of drug-likeness (QED) is 0.541. The zero-order chi connectivity index (χ0) is 9.97. The number of allylic oxidation sites excluding steroid dienone is 1. The van der Waals surface area contributed by atoms with Gasteiger partial charge in [-0.3, -0.25) is 0 Å². The Kier molecular flexibility index (Phi) is 2.46. The maximum Gasteiger partial charge on any atom is 0.190 e. The van der Waals surface area contributed by atoms with Crippen molar-refractivity contribution in [3.8, 4) is 0 Å². The molecule has 2 aromatic rings. The van der Waals surface area contributed by atoms with Crippen LogP contribution in [0.3, 0.4) is 0 Å². The molecule has 0 radical (unpaired) electrons. The summed E-state index contributed by atoms with van der Waals surface area (Å²) in [6.45, 7) is 3.72. The lowest BCUT2D eigenvalue weighted by Crippen LogP contribution is -1.83. The number of rotatable bonds is 2. The largest absolute Gasteiger partial charge is 0.445 e. The van der Waals surface area contributed by atoms with Crippen LogP contribution in [0.2, 0.25) is 0 Å². The maximum absolute atomic E-state index is 5.51. The first-order chi connectivity index (χ1) is 6.81. The SMILES string of the molecule is C=CCc1cccc2ccc(=S)oc12. The molecule has 0 atom stereocenters. The standard InChI is InChI=1S/C12H10OS/c1-2-4-9-5-3-6-10-7-8-11(14)13-12(9)10/h2-3,5-8H,1,4H2. The van der Waals surface area contributed by atoms with Crippen LogP contribution in [0, 0.1) is 4.71 Å². The maximum atomic E-state index is 5.51. The highest BCUT2D eigenvalue weighted by Gasteiger charge is 2.00. The minimum atomic E-state index is 0.522. The van der Waals surface area contributed by atoms with Crippen molar-refractivity contribution in [1.82, 2.24) is 0 Å². The minimum absolute atomic E-state index is 0.522. The molecule has 1 heterocycles. The normalized spacial score (nSPS) is 10.3. The van der Waals surface area contributed by atoms with Crippen LogP contribution in [0.1, 0.15) is 5.56 Å². The Hall–Kier alpha value is -1.41. The molecule has 0 unspecified atom stereocenters. The van der Waals surface area contributed by atoms with Crippen LogP contribution in [-0.2, 0) is 6.42 Å². The summed E-state index contributed by atoms with van der Waals surface area (Å²) in [5, 5.41) is 1.08. The van der Waals surface area contributed by atoms with Crippen LogP contribution in [0.15, 0.2) is 47.4 Å². The molecule has 70 valence electrons. The number of hydrogen-bond donors (Lipinski definition) is 0. The van der Waals surface area contributed by atoms with Gasteiger partial charge in [0.15, 0.2) is 4.71 Å². The molecule has 1 aromatic carbocycles.